The Labute approximate surface area is 161 Å². The molecule has 4 atom stereocenters. The molecule has 0 unspecified atom stereocenters. The van der Waals surface area contributed by atoms with Gasteiger partial charge >= 0.3 is 6.09 Å². The summed E-state index contributed by atoms with van der Waals surface area (Å²) in [7, 11) is 1.35. The van der Waals surface area contributed by atoms with Crippen LogP contribution in [-0.4, -0.2) is 43.6 Å². The second-order valence-corrected chi connectivity index (χ2v) is 8.34. The summed E-state index contributed by atoms with van der Waals surface area (Å²) in [6, 6.07) is 7.07. The van der Waals surface area contributed by atoms with Crippen LogP contribution in [-0.2, 0) is 22.4 Å². The third-order valence-electron chi connectivity index (χ3n) is 6.68. The summed E-state index contributed by atoms with van der Waals surface area (Å²) in [6.45, 7) is 4.16. The number of carbonyl (C=O) groups is 2. The van der Waals surface area contributed by atoms with E-state index in [-0.39, 0.29) is 11.8 Å². The van der Waals surface area contributed by atoms with Crippen LogP contribution >= 0.6 is 0 Å². The molecule has 1 heterocycles. The molecule has 1 saturated carbocycles. The largest absolute Gasteiger partial charge is 0.453 e. The first-order valence-electron chi connectivity index (χ1n) is 10.3. The first-order valence-corrected chi connectivity index (χ1v) is 10.3. The summed E-state index contributed by atoms with van der Waals surface area (Å²) in [6.07, 6.45) is 5.00. The molecule has 1 saturated heterocycles. The van der Waals surface area contributed by atoms with Crippen LogP contribution in [0.3, 0.4) is 0 Å². The van der Waals surface area contributed by atoms with Crippen molar-refractivity contribution in [3.05, 3.63) is 34.9 Å². The Kier molecular flexibility index (Phi) is 5.11. The molecule has 2 fully saturated rings. The molecule has 27 heavy (non-hydrogen) atoms. The number of hydrogen-bond donors (Lipinski definition) is 1. The standard InChI is InChI=1S/C22H30N2O3/c1-3-5-17(11-23-22(26)27-2)21(25)24-12-18-19(13-24)20(18)16-9-8-14-6-4-7-15(14)10-16/h8-10,17-20H,3-7,11-13H2,1-2H3,(H,23,26)/t17-,18-,19+,20+/m1/s1. The van der Waals surface area contributed by atoms with Gasteiger partial charge in [0.15, 0.2) is 0 Å². The molecule has 146 valence electrons. The third kappa shape index (κ3) is 3.56. The number of nitrogens with zero attached hydrogens (tertiary/aromatic N) is 1. The highest BCUT2D eigenvalue weighted by atomic mass is 16.5. The SMILES string of the molecule is CCC[C@H](CNC(=O)OC)C(=O)N1C[C@@H]2[C@H](C1)[C@H]2c1ccc2c(c1)CCC2. The van der Waals surface area contributed by atoms with Crippen LogP contribution in [0.1, 0.15) is 48.8 Å². The number of nitrogens with one attached hydrogen (secondary N) is 1. The average molecular weight is 370 g/mol. The number of aryl methyl sites for hydroxylation is 2. The van der Waals surface area contributed by atoms with Crippen LogP contribution in [0.15, 0.2) is 18.2 Å². The van der Waals surface area contributed by atoms with Crippen molar-refractivity contribution in [3.63, 3.8) is 0 Å². The number of carbonyl (C=O) groups excluding carboxylic acids is 2. The van der Waals surface area contributed by atoms with E-state index in [4.69, 9.17) is 0 Å². The van der Waals surface area contributed by atoms with Crippen LogP contribution in [0, 0.1) is 17.8 Å². The number of hydrogen-bond acceptors (Lipinski definition) is 3. The summed E-state index contributed by atoms with van der Waals surface area (Å²) in [5.74, 6) is 1.91. The number of methoxy groups -OCH3 is 1. The first kappa shape index (κ1) is 18.3. The number of amides is 2. The van der Waals surface area contributed by atoms with Gasteiger partial charge in [-0.25, -0.2) is 4.79 Å². The number of likely N-dealkylation sites (tertiary alicyclic amines) is 1. The van der Waals surface area contributed by atoms with Gasteiger partial charge in [0.2, 0.25) is 5.91 Å². The lowest BCUT2D eigenvalue weighted by atomic mass is 9.99. The van der Waals surface area contributed by atoms with Gasteiger partial charge in [-0.2, -0.15) is 0 Å². The summed E-state index contributed by atoms with van der Waals surface area (Å²) >= 11 is 0. The Bertz CT molecular complexity index is 720. The molecule has 0 radical (unpaired) electrons. The lowest BCUT2D eigenvalue weighted by Crippen LogP contribution is -2.41. The highest BCUT2D eigenvalue weighted by Crippen LogP contribution is 2.58. The molecule has 1 aliphatic heterocycles. The highest BCUT2D eigenvalue weighted by Gasteiger charge is 2.57. The Hall–Kier alpha value is -2.04. The molecule has 1 aromatic carbocycles. The summed E-state index contributed by atoms with van der Waals surface area (Å²) in [5.41, 5.74) is 4.55. The maximum atomic E-state index is 12.9. The van der Waals surface area contributed by atoms with E-state index in [9.17, 15) is 9.59 Å². The van der Waals surface area contributed by atoms with E-state index in [0.29, 0.717) is 24.3 Å². The Morgan fingerprint density at radius 2 is 1.96 bits per heavy atom. The van der Waals surface area contributed by atoms with E-state index in [1.807, 2.05) is 4.90 Å². The van der Waals surface area contributed by atoms with Crippen LogP contribution in [0.2, 0.25) is 0 Å². The first-order chi connectivity index (χ1) is 13.1. The molecule has 2 amide bonds. The van der Waals surface area contributed by atoms with E-state index < -0.39 is 6.09 Å². The molecule has 5 heteroatoms. The fraction of sp³-hybridized carbons (Fsp3) is 0.636. The van der Waals surface area contributed by atoms with Crippen molar-refractivity contribution < 1.29 is 14.3 Å². The van der Waals surface area contributed by atoms with Gasteiger partial charge in [-0.1, -0.05) is 31.5 Å². The number of fused-ring (bicyclic) bond motifs is 2. The number of rotatable bonds is 6. The number of alkyl carbamates (subject to hydrolysis) is 1. The monoisotopic (exact) mass is 370 g/mol. The lowest BCUT2D eigenvalue weighted by molar-refractivity contribution is -0.135. The zero-order valence-corrected chi connectivity index (χ0v) is 16.4. The fourth-order valence-electron chi connectivity index (χ4n) is 5.20. The maximum absolute atomic E-state index is 12.9. The van der Waals surface area contributed by atoms with Crippen LogP contribution in [0.5, 0.6) is 0 Å². The van der Waals surface area contributed by atoms with Gasteiger partial charge in [-0.3, -0.25) is 4.79 Å². The van der Waals surface area contributed by atoms with Crippen molar-refractivity contribution >= 4 is 12.0 Å². The van der Waals surface area contributed by atoms with E-state index in [1.165, 1.54) is 37.5 Å². The minimum atomic E-state index is -0.468. The van der Waals surface area contributed by atoms with Crippen LogP contribution in [0.25, 0.3) is 0 Å². The second-order valence-electron chi connectivity index (χ2n) is 8.34. The molecule has 2 aliphatic carbocycles. The van der Waals surface area contributed by atoms with Gasteiger partial charge in [-0.15, -0.1) is 0 Å². The lowest BCUT2D eigenvalue weighted by Gasteiger charge is -2.25. The van der Waals surface area contributed by atoms with Crippen molar-refractivity contribution in [2.45, 2.75) is 44.9 Å². The Morgan fingerprint density at radius 1 is 1.22 bits per heavy atom. The van der Waals surface area contributed by atoms with Gasteiger partial charge in [0, 0.05) is 19.6 Å². The molecule has 4 rings (SSSR count). The van der Waals surface area contributed by atoms with E-state index >= 15 is 0 Å². The summed E-state index contributed by atoms with van der Waals surface area (Å²) in [4.78, 5) is 26.3. The smallest absolute Gasteiger partial charge is 0.406 e. The zero-order chi connectivity index (χ0) is 19.0. The van der Waals surface area contributed by atoms with E-state index in [2.05, 4.69) is 35.2 Å². The van der Waals surface area contributed by atoms with Gasteiger partial charge < -0.3 is 15.0 Å². The molecule has 5 nitrogen and oxygen atoms in total. The van der Waals surface area contributed by atoms with Crippen molar-refractivity contribution in [2.75, 3.05) is 26.7 Å². The van der Waals surface area contributed by atoms with Crippen molar-refractivity contribution in [2.24, 2.45) is 17.8 Å². The molecule has 3 aliphatic rings. The van der Waals surface area contributed by atoms with Crippen molar-refractivity contribution in [1.29, 1.82) is 0 Å². The third-order valence-corrected chi connectivity index (χ3v) is 6.68. The van der Waals surface area contributed by atoms with Gasteiger partial charge in [-0.05, 0) is 60.1 Å². The minimum absolute atomic E-state index is 0.148. The quantitative estimate of drug-likeness (QED) is 0.837. The fourth-order valence-corrected chi connectivity index (χ4v) is 5.20. The topological polar surface area (TPSA) is 58.6 Å². The van der Waals surface area contributed by atoms with E-state index in [1.54, 1.807) is 5.56 Å². The predicted molar refractivity (Wildman–Crippen MR) is 104 cm³/mol. The van der Waals surface area contributed by atoms with Crippen molar-refractivity contribution in [1.82, 2.24) is 10.2 Å². The Morgan fingerprint density at radius 3 is 2.67 bits per heavy atom. The van der Waals surface area contributed by atoms with Gasteiger partial charge in [0.1, 0.15) is 0 Å². The normalized spacial score (nSPS) is 26.3. The van der Waals surface area contributed by atoms with Crippen molar-refractivity contribution in [3.8, 4) is 0 Å². The Balaban J connectivity index is 1.34. The van der Waals surface area contributed by atoms with Crippen LogP contribution in [0.4, 0.5) is 4.79 Å². The molecule has 1 aromatic rings. The molecular weight excluding hydrogens is 340 g/mol. The molecule has 0 aromatic heterocycles. The minimum Gasteiger partial charge on any atom is -0.453 e. The molecular formula is C22H30N2O3. The molecule has 0 spiro atoms. The number of ether oxygens (including phenoxy) is 1. The highest BCUT2D eigenvalue weighted by molar-refractivity contribution is 5.80. The second kappa shape index (κ2) is 7.53. The van der Waals surface area contributed by atoms with E-state index in [0.717, 1.165) is 25.9 Å². The zero-order valence-electron chi connectivity index (χ0n) is 16.4. The van der Waals surface area contributed by atoms with Crippen LogP contribution < -0.4 is 5.32 Å². The van der Waals surface area contributed by atoms with Gasteiger partial charge in [0.25, 0.3) is 0 Å². The summed E-state index contributed by atoms with van der Waals surface area (Å²) < 4.78 is 4.63. The van der Waals surface area contributed by atoms with Gasteiger partial charge in [0.05, 0.1) is 13.0 Å². The average Bonchev–Trinajstić information content (AvgIpc) is 3.05. The summed E-state index contributed by atoms with van der Waals surface area (Å²) in [5, 5.41) is 2.69. The number of piperidine rings is 1. The molecule has 1 N–H and O–H groups in total. The maximum Gasteiger partial charge on any atom is 0.406 e. The predicted octanol–water partition coefficient (Wildman–Crippen LogP) is 3.12. The molecule has 0 bridgehead atoms. The number of benzene rings is 1.